The number of carbonyl (C=O) groups excluding carboxylic acids is 1. The Kier molecular flexibility index (Phi) is 4.51. The second-order valence-corrected chi connectivity index (χ2v) is 5.99. The zero-order valence-electron chi connectivity index (χ0n) is 13.6. The van der Waals surface area contributed by atoms with Crippen LogP contribution in [-0.4, -0.2) is 28.2 Å². The second kappa shape index (κ2) is 6.73. The van der Waals surface area contributed by atoms with E-state index in [4.69, 9.17) is 0 Å². The molecule has 23 heavy (non-hydrogen) atoms. The van der Waals surface area contributed by atoms with Crippen molar-refractivity contribution in [3.05, 3.63) is 65.0 Å². The van der Waals surface area contributed by atoms with Crippen LogP contribution in [0.4, 0.5) is 0 Å². The van der Waals surface area contributed by atoms with Gasteiger partial charge in [-0.3, -0.25) is 9.78 Å². The van der Waals surface area contributed by atoms with E-state index in [0.717, 1.165) is 23.5 Å². The standard InChI is InChI=1S/C19H21N3O/c1-14-8-10-16(11-9-14)13-18(17-6-3-5-15(2)20-17)21-22-12-4-7-19(22)23/h3,5-6,8-11H,4,7,12-13H2,1-2H3/b21-18+. The molecule has 1 amide bonds. The van der Waals surface area contributed by atoms with E-state index in [2.05, 4.69) is 41.3 Å². The summed E-state index contributed by atoms with van der Waals surface area (Å²) >= 11 is 0. The maximum atomic E-state index is 11.9. The summed E-state index contributed by atoms with van der Waals surface area (Å²) in [5.74, 6) is 0.0964. The number of pyridine rings is 1. The van der Waals surface area contributed by atoms with Crippen LogP contribution < -0.4 is 0 Å². The van der Waals surface area contributed by atoms with Crippen molar-refractivity contribution in [2.75, 3.05) is 6.54 Å². The highest BCUT2D eigenvalue weighted by molar-refractivity contribution is 6.01. The van der Waals surface area contributed by atoms with Gasteiger partial charge in [0.15, 0.2) is 0 Å². The van der Waals surface area contributed by atoms with Crippen LogP contribution in [0.1, 0.15) is 35.4 Å². The molecule has 2 heterocycles. The minimum Gasteiger partial charge on any atom is -0.273 e. The molecule has 0 unspecified atom stereocenters. The first-order valence-electron chi connectivity index (χ1n) is 7.99. The van der Waals surface area contributed by atoms with E-state index < -0.39 is 0 Å². The largest absolute Gasteiger partial charge is 0.273 e. The SMILES string of the molecule is Cc1ccc(C/C(=N\N2CCCC2=O)c2cccc(C)n2)cc1. The number of benzene rings is 1. The summed E-state index contributed by atoms with van der Waals surface area (Å²) in [6.45, 7) is 4.74. The summed E-state index contributed by atoms with van der Waals surface area (Å²) in [6, 6.07) is 14.3. The van der Waals surface area contributed by atoms with Crippen LogP contribution in [0.5, 0.6) is 0 Å². The van der Waals surface area contributed by atoms with Crippen LogP contribution in [0.3, 0.4) is 0 Å². The average molecular weight is 307 g/mol. The number of rotatable bonds is 4. The van der Waals surface area contributed by atoms with Crippen LogP contribution in [0.2, 0.25) is 0 Å². The molecule has 118 valence electrons. The van der Waals surface area contributed by atoms with Crippen molar-refractivity contribution in [3.63, 3.8) is 0 Å². The molecule has 0 aliphatic carbocycles. The highest BCUT2D eigenvalue weighted by Crippen LogP contribution is 2.14. The third-order valence-corrected chi connectivity index (χ3v) is 3.97. The van der Waals surface area contributed by atoms with Gasteiger partial charge in [-0.1, -0.05) is 35.9 Å². The summed E-state index contributed by atoms with van der Waals surface area (Å²) in [7, 11) is 0. The van der Waals surface area contributed by atoms with E-state index in [9.17, 15) is 4.79 Å². The molecular formula is C19H21N3O. The molecule has 2 aromatic rings. The van der Waals surface area contributed by atoms with Crippen LogP contribution in [0.25, 0.3) is 0 Å². The first-order chi connectivity index (χ1) is 11.1. The first-order valence-corrected chi connectivity index (χ1v) is 7.99. The number of nitrogens with zero attached hydrogens (tertiary/aromatic N) is 3. The lowest BCUT2D eigenvalue weighted by Crippen LogP contribution is -2.22. The Morgan fingerprint density at radius 2 is 1.96 bits per heavy atom. The van der Waals surface area contributed by atoms with Gasteiger partial charge in [0.1, 0.15) is 0 Å². The van der Waals surface area contributed by atoms with Crippen LogP contribution in [-0.2, 0) is 11.2 Å². The van der Waals surface area contributed by atoms with Crippen molar-refractivity contribution >= 4 is 11.6 Å². The fourth-order valence-corrected chi connectivity index (χ4v) is 2.67. The number of hydrazone groups is 1. The molecule has 0 saturated carbocycles. The summed E-state index contributed by atoms with van der Waals surface area (Å²) in [5, 5.41) is 6.21. The van der Waals surface area contributed by atoms with Gasteiger partial charge in [0.2, 0.25) is 5.91 Å². The predicted molar refractivity (Wildman–Crippen MR) is 91.3 cm³/mol. The van der Waals surface area contributed by atoms with Crippen molar-refractivity contribution < 1.29 is 4.79 Å². The quantitative estimate of drug-likeness (QED) is 0.814. The smallest absolute Gasteiger partial charge is 0.242 e. The fourth-order valence-electron chi connectivity index (χ4n) is 2.67. The summed E-state index contributed by atoms with van der Waals surface area (Å²) in [6.07, 6.45) is 2.13. The van der Waals surface area contributed by atoms with Crippen molar-refractivity contribution in [2.24, 2.45) is 5.10 Å². The minimum absolute atomic E-state index is 0.0964. The fraction of sp³-hybridized carbons (Fsp3) is 0.316. The summed E-state index contributed by atoms with van der Waals surface area (Å²) < 4.78 is 0. The number of aryl methyl sites for hydroxylation is 2. The van der Waals surface area contributed by atoms with Crippen molar-refractivity contribution in [1.82, 2.24) is 9.99 Å². The zero-order valence-corrected chi connectivity index (χ0v) is 13.6. The Morgan fingerprint density at radius 1 is 1.17 bits per heavy atom. The van der Waals surface area contributed by atoms with Gasteiger partial charge in [-0.2, -0.15) is 5.10 Å². The normalized spacial score (nSPS) is 15.3. The molecule has 1 aromatic carbocycles. The van der Waals surface area contributed by atoms with Crippen molar-refractivity contribution in [3.8, 4) is 0 Å². The van der Waals surface area contributed by atoms with Gasteiger partial charge >= 0.3 is 0 Å². The van der Waals surface area contributed by atoms with Crippen LogP contribution in [0, 0.1) is 13.8 Å². The Balaban J connectivity index is 1.94. The van der Waals surface area contributed by atoms with E-state index in [1.807, 2.05) is 25.1 Å². The molecule has 1 aliphatic heterocycles. The van der Waals surface area contributed by atoms with E-state index in [1.165, 1.54) is 11.1 Å². The van der Waals surface area contributed by atoms with Gasteiger partial charge in [-0.25, -0.2) is 5.01 Å². The summed E-state index contributed by atoms with van der Waals surface area (Å²) in [4.78, 5) is 16.5. The van der Waals surface area contributed by atoms with Gasteiger partial charge in [0.25, 0.3) is 0 Å². The summed E-state index contributed by atoms with van der Waals surface area (Å²) in [5.41, 5.74) is 5.03. The molecule has 1 saturated heterocycles. The predicted octanol–water partition coefficient (Wildman–Crippen LogP) is 3.27. The van der Waals surface area contributed by atoms with Gasteiger partial charge in [-0.05, 0) is 38.0 Å². The Bertz CT molecular complexity index is 735. The monoisotopic (exact) mass is 307 g/mol. The van der Waals surface area contributed by atoms with Crippen molar-refractivity contribution in [1.29, 1.82) is 0 Å². The van der Waals surface area contributed by atoms with E-state index in [0.29, 0.717) is 19.4 Å². The van der Waals surface area contributed by atoms with Crippen LogP contribution in [0.15, 0.2) is 47.6 Å². The molecule has 4 nitrogen and oxygen atoms in total. The lowest BCUT2D eigenvalue weighted by atomic mass is 10.0. The van der Waals surface area contributed by atoms with Gasteiger partial charge < -0.3 is 0 Å². The molecule has 0 bridgehead atoms. The number of hydrogen-bond donors (Lipinski definition) is 0. The number of hydrogen-bond acceptors (Lipinski definition) is 3. The highest BCUT2D eigenvalue weighted by atomic mass is 16.2. The topological polar surface area (TPSA) is 45.6 Å². The number of amides is 1. The molecule has 1 aliphatic rings. The van der Waals surface area contributed by atoms with Crippen molar-refractivity contribution in [2.45, 2.75) is 33.1 Å². The first kappa shape index (κ1) is 15.4. The maximum Gasteiger partial charge on any atom is 0.242 e. The van der Waals surface area contributed by atoms with Gasteiger partial charge in [0, 0.05) is 25.1 Å². The molecule has 0 N–H and O–H groups in total. The molecule has 4 heteroatoms. The Hall–Kier alpha value is -2.49. The van der Waals surface area contributed by atoms with E-state index >= 15 is 0 Å². The third kappa shape index (κ3) is 3.83. The van der Waals surface area contributed by atoms with E-state index in [1.54, 1.807) is 5.01 Å². The molecule has 0 radical (unpaired) electrons. The second-order valence-electron chi connectivity index (χ2n) is 5.99. The molecule has 1 fully saturated rings. The lowest BCUT2D eigenvalue weighted by Gasteiger charge is -2.13. The number of aromatic nitrogens is 1. The molecule has 1 aromatic heterocycles. The highest BCUT2D eigenvalue weighted by Gasteiger charge is 2.21. The van der Waals surface area contributed by atoms with Crippen LogP contribution >= 0.6 is 0 Å². The van der Waals surface area contributed by atoms with Gasteiger partial charge in [-0.15, -0.1) is 0 Å². The minimum atomic E-state index is 0.0964. The molecule has 0 atom stereocenters. The molecule has 3 rings (SSSR count). The molecule has 0 spiro atoms. The maximum absolute atomic E-state index is 11.9. The average Bonchev–Trinajstić information content (AvgIpc) is 2.94. The van der Waals surface area contributed by atoms with E-state index in [-0.39, 0.29) is 5.91 Å². The third-order valence-electron chi connectivity index (χ3n) is 3.97. The zero-order chi connectivity index (χ0) is 16.2. The molecular weight excluding hydrogens is 286 g/mol. The Morgan fingerprint density at radius 3 is 2.61 bits per heavy atom. The lowest BCUT2D eigenvalue weighted by molar-refractivity contribution is -0.127. The number of carbonyl (C=O) groups is 1. The van der Waals surface area contributed by atoms with Gasteiger partial charge in [0.05, 0.1) is 11.4 Å². The Labute approximate surface area is 136 Å².